The zero-order valence-electron chi connectivity index (χ0n) is 11.4. The van der Waals surface area contributed by atoms with E-state index in [0.717, 1.165) is 13.1 Å². The van der Waals surface area contributed by atoms with Gasteiger partial charge in [-0.05, 0) is 31.9 Å². The summed E-state index contributed by atoms with van der Waals surface area (Å²) in [5, 5.41) is 3.56. The molecule has 3 heteroatoms. The van der Waals surface area contributed by atoms with Gasteiger partial charge in [-0.2, -0.15) is 0 Å². The number of hydrogen-bond donors (Lipinski definition) is 1. The molecule has 0 aliphatic carbocycles. The molecule has 0 aliphatic heterocycles. The van der Waals surface area contributed by atoms with Crippen LogP contribution in [0.2, 0.25) is 0 Å². The SMILES string of the molecule is Cc1ccc(C)c(C(C)NCCn2ccnc2)c1. The monoisotopic (exact) mass is 243 g/mol. The summed E-state index contributed by atoms with van der Waals surface area (Å²) in [5.41, 5.74) is 4.06. The Kier molecular flexibility index (Phi) is 4.15. The van der Waals surface area contributed by atoms with Gasteiger partial charge in [0.25, 0.3) is 0 Å². The van der Waals surface area contributed by atoms with Crippen molar-refractivity contribution >= 4 is 0 Å². The summed E-state index contributed by atoms with van der Waals surface area (Å²) in [4.78, 5) is 4.04. The molecule has 1 atom stereocenters. The molecule has 0 bridgehead atoms. The van der Waals surface area contributed by atoms with Crippen LogP contribution in [0.25, 0.3) is 0 Å². The van der Waals surface area contributed by atoms with Crippen molar-refractivity contribution in [2.24, 2.45) is 0 Å². The number of nitrogens with one attached hydrogen (secondary N) is 1. The van der Waals surface area contributed by atoms with Crippen LogP contribution >= 0.6 is 0 Å². The summed E-state index contributed by atoms with van der Waals surface area (Å²) in [7, 11) is 0. The maximum atomic E-state index is 4.04. The Bertz CT molecular complexity index is 488. The summed E-state index contributed by atoms with van der Waals surface area (Å²) in [6.07, 6.45) is 5.66. The molecule has 18 heavy (non-hydrogen) atoms. The van der Waals surface area contributed by atoms with E-state index in [2.05, 4.69) is 53.8 Å². The minimum Gasteiger partial charge on any atom is -0.336 e. The topological polar surface area (TPSA) is 29.9 Å². The van der Waals surface area contributed by atoms with Crippen LogP contribution in [0.5, 0.6) is 0 Å². The van der Waals surface area contributed by atoms with Crippen molar-refractivity contribution in [2.45, 2.75) is 33.4 Å². The molecular weight excluding hydrogens is 222 g/mol. The molecule has 2 aromatic rings. The molecule has 1 aromatic carbocycles. The summed E-state index contributed by atoms with van der Waals surface area (Å²) < 4.78 is 2.09. The number of imidazole rings is 1. The highest BCUT2D eigenvalue weighted by Gasteiger charge is 2.07. The zero-order chi connectivity index (χ0) is 13.0. The molecule has 1 heterocycles. The fourth-order valence-corrected chi connectivity index (χ4v) is 2.17. The van der Waals surface area contributed by atoms with E-state index in [-0.39, 0.29) is 0 Å². The van der Waals surface area contributed by atoms with Gasteiger partial charge in [-0.1, -0.05) is 23.8 Å². The Morgan fingerprint density at radius 1 is 1.33 bits per heavy atom. The summed E-state index contributed by atoms with van der Waals surface area (Å²) in [6.45, 7) is 8.43. The number of benzene rings is 1. The predicted octanol–water partition coefficient (Wildman–Crippen LogP) is 2.85. The van der Waals surface area contributed by atoms with Crippen molar-refractivity contribution in [3.63, 3.8) is 0 Å². The molecule has 0 spiro atoms. The van der Waals surface area contributed by atoms with E-state index in [1.807, 2.05) is 18.7 Å². The van der Waals surface area contributed by atoms with Gasteiger partial charge < -0.3 is 9.88 Å². The second kappa shape index (κ2) is 5.83. The van der Waals surface area contributed by atoms with Crippen LogP contribution in [0.15, 0.2) is 36.9 Å². The van der Waals surface area contributed by atoms with E-state index >= 15 is 0 Å². The van der Waals surface area contributed by atoms with Crippen molar-refractivity contribution in [1.29, 1.82) is 0 Å². The first-order chi connectivity index (χ1) is 8.66. The molecular formula is C15H21N3. The van der Waals surface area contributed by atoms with Crippen LogP contribution in [-0.2, 0) is 6.54 Å². The van der Waals surface area contributed by atoms with Gasteiger partial charge in [-0.3, -0.25) is 0 Å². The Balaban J connectivity index is 1.91. The lowest BCUT2D eigenvalue weighted by molar-refractivity contribution is 0.529. The van der Waals surface area contributed by atoms with Crippen molar-refractivity contribution in [2.75, 3.05) is 6.54 Å². The first-order valence-corrected chi connectivity index (χ1v) is 6.43. The van der Waals surface area contributed by atoms with Gasteiger partial charge >= 0.3 is 0 Å². The van der Waals surface area contributed by atoms with E-state index < -0.39 is 0 Å². The maximum absolute atomic E-state index is 4.04. The van der Waals surface area contributed by atoms with Gasteiger partial charge in [0.2, 0.25) is 0 Å². The number of hydrogen-bond acceptors (Lipinski definition) is 2. The zero-order valence-corrected chi connectivity index (χ0v) is 11.4. The lowest BCUT2D eigenvalue weighted by Crippen LogP contribution is -2.23. The third-order valence-electron chi connectivity index (χ3n) is 3.28. The quantitative estimate of drug-likeness (QED) is 0.875. The normalized spacial score (nSPS) is 12.6. The van der Waals surface area contributed by atoms with Crippen LogP contribution < -0.4 is 5.32 Å². The smallest absolute Gasteiger partial charge is 0.0946 e. The van der Waals surface area contributed by atoms with E-state index in [4.69, 9.17) is 0 Å². The van der Waals surface area contributed by atoms with Crippen LogP contribution in [0, 0.1) is 13.8 Å². The van der Waals surface area contributed by atoms with Crippen LogP contribution in [0.4, 0.5) is 0 Å². The summed E-state index contributed by atoms with van der Waals surface area (Å²) in [5.74, 6) is 0. The van der Waals surface area contributed by atoms with Gasteiger partial charge in [0.15, 0.2) is 0 Å². The second-order valence-electron chi connectivity index (χ2n) is 4.84. The van der Waals surface area contributed by atoms with Crippen LogP contribution in [0.3, 0.4) is 0 Å². The summed E-state index contributed by atoms with van der Waals surface area (Å²) >= 11 is 0. The first kappa shape index (κ1) is 12.8. The Hall–Kier alpha value is -1.61. The highest BCUT2D eigenvalue weighted by Crippen LogP contribution is 2.18. The fourth-order valence-electron chi connectivity index (χ4n) is 2.17. The molecule has 0 amide bonds. The molecule has 1 unspecified atom stereocenters. The van der Waals surface area contributed by atoms with Gasteiger partial charge in [0.1, 0.15) is 0 Å². The molecule has 0 saturated heterocycles. The molecule has 96 valence electrons. The minimum atomic E-state index is 0.383. The fraction of sp³-hybridized carbons (Fsp3) is 0.400. The van der Waals surface area contributed by atoms with Crippen LogP contribution in [0.1, 0.15) is 29.7 Å². The van der Waals surface area contributed by atoms with Crippen LogP contribution in [-0.4, -0.2) is 16.1 Å². The molecule has 1 N–H and O–H groups in total. The minimum absolute atomic E-state index is 0.383. The number of rotatable bonds is 5. The highest BCUT2D eigenvalue weighted by atomic mass is 15.0. The lowest BCUT2D eigenvalue weighted by Gasteiger charge is -2.17. The Labute approximate surface area is 109 Å². The lowest BCUT2D eigenvalue weighted by atomic mass is 10.00. The molecule has 1 aromatic heterocycles. The average Bonchev–Trinajstić information content (AvgIpc) is 2.85. The first-order valence-electron chi connectivity index (χ1n) is 6.43. The van der Waals surface area contributed by atoms with Gasteiger partial charge in [0.05, 0.1) is 6.33 Å². The van der Waals surface area contributed by atoms with Gasteiger partial charge in [-0.25, -0.2) is 4.98 Å². The van der Waals surface area contributed by atoms with E-state index in [1.54, 1.807) is 0 Å². The van der Waals surface area contributed by atoms with Gasteiger partial charge in [-0.15, -0.1) is 0 Å². The van der Waals surface area contributed by atoms with E-state index in [9.17, 15) is 0 Å². The van der Waals surface area contributed by atoms with E-state index in [1.165, 1.54) is 16.7 Å². The highest BCUT2D eigenvalue weighted by molar-refractivity contribution is 5.32. The molecule has 3 nitrogen and oxygen atoms in total. The molecule has 0 aliphatic rings. The molecule has 2 rings (SSSR count). The molecule has 0 saturated carbocycles. The number of aromatic nitrogens is 2. The standard InChI is InChI=1S/C15H21N3/c1-12-4-5-13(2)15(10-12)14(3)17-7-9-18-8-6-16-11-18/h4-6,8,10-11,14,17H,7,9H2,1-3H3. The Morgan fingerprint density at radius 3 is 2.89 bits per heavy atom. The largest absolute Gasteiger partial charge is 0.336 e. The number of nitrogens with zero attached hydrogens (tertiary/aromatic N) is 2. The van der Waals surface area contributed by atoms with Crippen molar-refractivity contribution < 1.29 is 0 Å². The van der Waals surface area contributed by atoms with Crippen molar-refractivity contribution in [3.8, 4) is 0 Å². The molecule has 0 fully saturated rings. The maximum Gasteiger partial charge on any atom is 0.0946 e. The molecule has 0 radical (unpaired) electrons. The van der Waals surface area contributed by atoms with Gasteiger partial charge in [0, 0.05) is 31.5 Å². The second-order valence-corrected chi connectivity index (χ2v) is 4.84. The average molecular weight is 243 g/mol. The van der Waals surface area contributed by atoms with Crippen molar-refractivity contribution in [1.82, 2.24) is 14.9 Å². The predicted molar refractivity (Wildman–Crippen MR) is 74.6 cm³/mol. The van der Waals surface area contributed by atoms with E-state index in [0.29, 0.717) is 6.04 Å². The third-order valence-corrected chi connectivity index (χ3v) is 3.28. The number of aryl methyl sites for hydroxylation is 2. The Morgan fingerprint density at radius 2 is 2.17 bits per heavy atom. The summed E-state index contributed by atoms with van der Waals surface area (Å²) in [6, 6.07) is 7.01. The third kappa shape index (κ3) is 3.20. The van der Waals surface area contributed by atoms with Crippen molar-refractivity contribution in [3.05, 3.63) is 53.6 Å².